The third-order valence-electron chi connectivity index (χ3n) is 0.665. The molecule has 0 aromatic heterocycles. The Morgan fingerprint density at radius 3 is 2.86 bits per heavy atom. The first-order chi connectivity index (χ1) is 3.41. The highest BCUT2D eigenvalue weighted by Gasteiger charge is 1.79. The normalized spacial score (nSPS) is 9.43. The molecule has 0 radical (unpaired) electrons. The summed E-state index contributed by atoms with van der Waals surface area (Å²) < 4.78 is 2.71. The number of hydrogen-bond acceptors (Lipinski definition) is 3. The van der Waals surface area contributed by atoms with Crippen molar-refractivity contribution in [2.75, 3.05) is 5.75 Å². The Balaban J connectivity index is 2.45. The van der Waals surface area contributed by atoms with E-state index in [0.29, 0.717) is 0 Å². The smallest absolute Gasteiger partial charge is 0.00865 e. The molecule has 0 rings (SSSR count). The third-order valence-corrected chi connectivity index (χ3v) is 1.67. The molecule has 0 saturated heterocycles. The zero-order valence-electron chi connectivity index (χ0n) is 4.48. The Morgan fingerprint density at radius 1 is 1.71 bits per heavy atom. The average molecular weight is 137 g/mol. The second-order valence-electron chi connectivity index (χ2n) is 1.29. The van der Waals surface area contributed by atoms with Crippen LogP contribution in [0.4, 0.5) is 0 Å². The Hall–Kier alpha value is 0.660. The fraction of sp³-hybridized carbons (Fsp3) is 1.00. The summed E-state index contributed by atoms with van der Waals surface area (Å²) in [6.07, 6.45) is 2.54. The van der Waals surface area contributed by atoms with Crippen molar-refractivity contribution in [3.05, 3.63) is 0 Å². The van der Waals surface area contributed by atoms with Crippen LogP contribution in [0.25, 0.3) is 0 Å². The number of hydrogen-bond donors (Lipinski definition) is 2. The SMILES string of the molecule is CCCCSNS. The summed E-state index contributed by atoms with van der Waals surface area (Å²) >= 11 is 5.45. The summed E-state index contributed by atoms with van der Waals surface area (Å²) in [5.41, 5.74) is 0. The van der Waals surface area contributed by atoms with E-state index in [1.54, 1.807) is 11.9 Å². The molecular formula is C4H11NS2. The Labute approximate surface area is 54.9 Å². The van der Waals surface area contributed by atoms with E-state index in [0.717, 1.165) is 0 Å². The first-order valence-corrected chi connectivity index (χ1v) is 3.86. The van der Waals surface area contributed by atoms with Crippen molar-refractivity contribution >= 4 is 24.8 Å². The van der Waals surface area contributed by atoms with E-state index >= 15 is 0 Å². The second kappa shape index (κ2) is 6.66. The number of thiol groups is 1. The first-order valence-electron chi connectivity index (χ1n) is 2.42. The van der Waals surface area contributed by atoms with Crippen LogP contribution in [0.15, 0.2) is 0 Å². The van der Waals surface area contributed by atoms with Crippen LogP contribution in [-0.2, 0) is 0 Å². The summed E-state index contributed by atoms with van der Waals surface area (Å²) in [7, 11) is 0. The lowest BCUT2D eigenvalue weighted by molar-refractivity contribution is 0.896. The quantitative estimate of drug-likeness (QED) is 0.348. The summed E-state index contributed by atoms with van der Waals surface area (Å²) in [6, 6.07) is 0. The van der Waals surface area contributed by atoms with Gasteiger partial charge in [-0.1, -0.05) is 38.1 Å². The molecule has 1 nitrogen and oxygen atoms in total. The van der Waals surface area contributed by atoms with Crippen LogP contribution in [0.2, 0.25) is 0 Å². The summed E-state index contributed by atoms with van der Waals surface area (Å²) in [5, 5.41) is 0. The molecule has 0 aliphatic rings. The second-order valence-corrected chi connectivity index (χ2v) is 2.72. The molecule has 0 saturated carbocycles. The van der Waals surface area contributed by atoms with Crippen molar-refractivity contribution in [1.82, 2.24) is 4.13 Å². The van der Waals surface area contributed by atoms with Crippen LogP contribution in [0.5, 0.6) is 0 Å². The monoisotopic (exact) mass is 137 g/mol. The molecule has 0 aliphatic heterocycles. The predicted molar refractivity (Wildman–Crippen MR) is 39.5 cm³/mol. The minimum Gasteiger partial charge on any atom is -0.211 e. The lowest BCUT2D eigenvalue weighted by Gasteiger charge is -1.91. The van der Waals surface area contributed by atoms with Crippen LogP contribution in [0, 0.1) is 0 Å². The molecule has 0 aliphatic carbocycles. The average Bonchev–Trinajstić information content (AvgIpc) is 1.69. The van der Waals surface area contributed by atoms with Gasteiger partial charge < -0.3 is 0 Å². The number of unbranched alkanes of at least 4 members (excludes halogenated alkanes) is 1. The minimum atomic E-state index is 1.17. The van der Waals surface area contributed by atoms with Gasteiger partial charge in [0.15, 0.2) is 0 Å². The van der Waals surface area contributed by atoms with Crippen LogP contribution >= 0.6 is 24.8 Å². The topological polar surface area (TPSA) is 12.0 Å². The maximum atomic E-state index is 3.81. The third kappa shape index (κ3) is 6.66. The zero-order chi connectivity index (χ0) is 5.54. The van der Waals surface area contributed by atoms with E-state index in [-0.39, 0.29) is 0 Å². The predicted octanol–water partition coefficient (Wildman–Crippen LogP) is 1.87. The van der Waals surface area contributed by atoms with Gasteiger partial charge >= 0.3 is 0 Å². The highest BCUT2D eigenvalue weighted by molar-refractivity contribution is 8.06. The number of nitrogens with one attached hydrogen (secondary N) is 1. The summed E-state index contributed by atoms with van der Waals surface area (Å²) in [4.78, 5) is 0. The van der Waals surface area contributed by atoms with E-state index in [1.165, 1.54) is 18.6 Å². The summed E-state index contributed by atoms with van der Waals surface area (Å²) in [5.74, 6) is 1.17. The molecule has 0 heterocycles. The van der Waals surface area contributed by atoms with E-state index in [4.69, 9.17) is 0 Å². The van der Waals surface area contributed by atoms with Crippen molar-refractivity contribution in [2.24, 2.45) is 0 Å². The highest BCUT2D eigenvalue weighted by Crippen LogP contribution is 1.98. The van der Waals surface area contributed by atoms with Gasteiger partial charge in [0, 0.05) is 5.75 Å². The van der Waals surface area contributed by atoms with Crippen molar-refractivity contribution in [3.8, 4) is 0 Å². The van der Waals surface area contributed by atoms with Crippen LogP contribution in [0.1, 0.15) is 19.8 Å². The van der Waals surface area contributed by atoms with E-state index in [9.17, 15) is 0 Å². The Bertz CT molecular complexity index is 28.9. The number of rotatable bonds is 4. The van der Waals surface area contributed by atoms with E-state index in [1.807, 2.05) is 0 Å². The van der Waals surface area contributed by atoms with Crippen molar-refractivity contribution in [1.29, 1.82) is 0 Å². The van der Waals surface area contributed by atoms with Gasteiger partial charge in [0.05, 0.1) is 0 Å². The van der Waals surface area contributed by atoms with Gasteiger partial charge in [0.2, 0.25) is 0 Å². The molecule has 0 aromatic carbocycles. The van der Waals surface area contributed by atoms with Gasteiger partial charge in [-0.2, -0.15) is 0 Å². The largest absolute Gasteiger partial charge is 0.211 e. The molecule has 0 bridgehead atoms. The standard InChI is InChI=1S/C4H11NS2/c1-2-3-4-7-5-6/h5-6H,2-4H2,1H3. The van der Waals surface area contributed by atoms with Crippen LogP contribution in [-0.4, -0.2) is 5.75 Å². The molecule has 7 heavy (non-hydrogen) atoms. The zero-order valence-corrected chi connectivity index (χ0v) is 6.19. The molecule has 0 fully saturated rings. The van der Waals surface area contributed by atoms with Crippen molar-refractivity contribution in [2.45, 2.75) is 19.8 Å². The molecule has 0 unspecified atom stereocenters. The van der Waals surface area contributed by atoms with E-state index < -0.39 is 0 Å². The van der Waals surface area contributed by atoms with Gasteiger partial charge in [-0.25, -0.2) is 4.13 Å². The molecule has 1 N–H and O–H groups in total. The van der Waals surface area contributed by atoms with Gasteiger partial charge in [0.25, 0.3) is 0 Å². The highest BCUT2D eigenvalue weighted by atomic mass is 32.2. The molecule has 3 heteroatoms. The maximum Gasteiger partial charge on any atom is 0.00865 e. The van der Waals surface area contributed by atoms with Gasteiger partial charge in [0.1, 0.15) is 0 Å². The fourth-order valence-electron chi connectivity index (χ4n) is 0.262. The molecule has 0 atom stereocenters. The first kappa shape index (κ1) is 7.66. The van der Waals surface area contributed by atoms with Crippen molar-refractivity contribution < 1.29 is 0 Å². The Morgan fingerprint density at radius 2 is 2.43 bits per heavy atom. The van der Waals surface area contributed by atoms with Gasteiger partial charge in [-0.15, -0.1) is 0 Å². The summed E-state index contributed by atoms with van der Waals surface area (Å²) in [6.45, 7) is 2.18. The fourth-order valence-corrected chi connectivity index (χ4v) is 1.06. The maximum absolute atomic E-state index is 3.81. The molecule has 0 spiro atoms. The lowest BCUT2D eigenvalue weighted by atomic mass is 10.4. The molecule has 0 amide bonds. The molecular weight excluding hydrogens is 126 g/mol. The van der Waals surface area contributed by atoms with Gasteiger partial charge in [-0.3, -0.25) is 0 Å². The lowest BCUT2D eigenvalue weighted by Crippen LogP contribution is -1.84. The minimum absolute atomic E-state index is 1.17. The van der Waals surface area contributed by atoms with Crippen LogP contribution < -0.4 is 4.13 Å². The van der Waals surface area contributed by atoms with E-state index in [2.05, 4.69) is 23.9 Å². The molecule has 44 valence electrons. The van der Waals surface area contributed by atoms with Crippen molar-refractivity contribution in [3.63, 3.8) is 0 Å². The molecule has 0 aromatic rings. The van der Waals surface area contributed by atoms with Gasteiger partial charge in [-0.05, 0) is 6.42 Å². The van der Waals surface area contributed by atoms with Crippen LogP contribution in [0.3, 0.4) is 0 Å². The Kier molecular flexibility index (Phi) is 7.29.